The molecule has 1 aliphatic rings. The molecule has 0 spiro atoms. The predicted molar refractivity (Wildman–Crippen MR) is 122 cm³/mol. The van der Waals surface area contributed by atoms with Crippen LogP contribution in [0.5, 0.6) is 0 Å². The van der Waals surface area contributed by atoms with E-state index in [1.165, 1.54) is 0 Å². The molecule has 2 aromatic rings. The van der Waals surface area contributed by atoms with Gasteiger partial charge in [0.1, 0.15) is 0 Å². The topological polar surface area (TPSA) is 70.7 Å². The van der Waals surface area contributed by atoms with Gasteiger partial charge in [-0.3, -0.25) is 14.9 Å². The van der Waals surface area contributed by atoms with Crippen LogP contribution >= 0.6 is 0 Å². The van der Waals surface area contributed by atoms with Crippen LogP contribution in [0.1, 0.15) is 31.5 Å². The second kappa shape index (κ2) is 9.65. The zero-order valence-corrected chi connectivity index (χ0v) is 17.6. The fourth-order valence-electron chi connectivity index (χ4n) is 3.12. The number of hydrogen-bond donors (Lipinski definition) is 2. The molecule has 1 aliphatic carbocycles. The van der Waals surface area contributed by atoms with Gasteiger partial charge in [-0.25, -0.2) is 0 Å². The Bertz CT molecular complexity index is 1110. The molecule has 5 nitrogen and oxygen atoms in total. The van der Waals surface area contributed by atoms with E-state index >= 15 is 0 Å². The van der Waals surface area contributed by atoms with Crippen molar-refractivity contribution in [2.24, 2.45) is 0 Å². The van der Waals surface area contributed by atoms with Gasteiger partial charge in [0.2, 0.25) is 5.91 Å². The second-order valence-electron chi connectivity index (χ2n) is 6.89. The third-order valence-corrected chi connectivity index (χ3v) is 4.66. The number of aryl methyl sites for hydroxylation is 1. The molecule has 0 saturated heterocycles. The fraction of sp³-hybridized carbons (Fsp3) is 0.160. The lowest BCUT2D eigenvalue weighted by Crippen LogP contribution is -2.22. The Labute approximate surface area is 177 Å². The van der Waals surface area contributed by atoms with Gasteiger partial charge < -0.3 is 5.32 Å². The van der Waals surface area contributed by atoms with E-state index < -0.39 is 0 Å². The third-order valence-electron chi connectivity index (χ3n) is 4.66. The van der Waals surface area contributed by atoms with E-state index in [2.05, 4.69) is 27.1 Å². The quantitative estimate of drug-likeness (QED) is 0.727. The molecule has 1 amide bonds. The number of carbonyl (C=O) groups is 1. The molecule has 0 aromatic carbocycles. The van der Waals surface area contributed by atoms with Crippen LogP contribution in [-0.4, -0.2) is 21.1 Å². The summed E-state index contributed by atoms with van der Waals surface area (Å²) in [6.45, 7) is 9.91. The van der Waals surface area contributed by atoms with Crippen LogP contribution in [0.2, 0.25) is 0 Å². The van der Waals surface area contributed by atoms with Crippen molar-refractivity contribution in [1.82, 2.24) is 20.5 Å². The molecule has 30 heavy (non-hydrogen) atoms. The molecular weight excluding hydrogens is 372 g/mol. The lowest BCUT2D eigenvalue weighted by Gasteiger charge is -2.13. The number of hydrogen-bond acceptors (Lipinski definition) is 3. The number of aromatic amines is 1. The Morgan fingerprint density at radius 3 is 2.83 bits per heavy atom. The molecule has 0 fully saturated rings. The Hall–Kier alpha value is -3.73. The van der Waals surface area contributed by atoms with E-state index in [9.17, 15) is 4.79 Å². The van der Waals surface area contributed by atoms with Crippen LogP contribution < -0.4 is 5.32 Å². The molecule has 0 saturated carbocycles. The number of carbonyl (C=O) groups excluding carboxylic acids is 1. The number of pyridine rings is 1. The summed E-state index contributed by atoms with van der Waals surface area (Å²) in [4.78, 5) is 16.5. The van der Waals surface area contributed by atoms with Crippen molar-refractivity contribution in [1.29, 1.82) is 0 Å². The summed E-state index contributed by atoms with van der Waals surface area (Å²) >= 11 is 0. The van der Waals surface area contributed by atoms with Gasteiger partial charge in [-0.2, -0.15) is 5.10 Å². The highest BCUT2D eigenvalue weighted by atomic mass is 16.1. The third kappa shape index (κ3) is 4.81. The van der Waals surface area contributed by atoms with Gasteiger partial charge in [0.05, 0.1) is 17.6 Å². The average Bonchev–Trinajstić information content (AvgIpc) is 3.20. The largest absolute Gasteiger partial charge is 0.326 e. The van der Waals surface area contributed by atoms with Crippen LogP contribution in [0.25, 0.3) is 17.0 Å². The van der Waals surface area contributed by atoms with Gasteiger partial charge in [-0.1, -0.05) is 56.0 Å². The van der Waals surface area contributed by atoms with Crippen molar-refractivity contribution in [2.75, 3.05) is 0 Å². The maximum absolute atomic E-state index is 11.9. The number of H-pyrrole nitrogens is 1. The van der Waals surface area contributed by atoms with E-state index in [1.807, 2.05) is 81.5 Å². The van der Waals surface area contributed by atoms with Crippen molar-refractivity contribution in [3.05, 3.63) is 102 Å². The first-order chi connectivity index (χ1) is 14.5. The summed E-state index contributed by atoms with van der Waals surface area (Å²) in [5.74, 6) is -0.0345. The van der Waals surface area contributed by atoms with Gasteiger partial charge in [0.15, 0.2) is 0 Å². The van der Waals surface area contributed by atoms with Crippen LogP contribution in [0.15, 0.2) is 90.4 Å². The molecule has 0 unspecified atom stereocenters. The highest BCUT2D eigenvalue weighted by molar-refractivity contribution is 5.84. The number of rotatable bonds is 5. The minimum absolute atomic E-state index is 0.0345. The lowest BCUT2D eigenvalue weighted by molar-refractivity contribution is -0.120. The number of aromatic nitrogens is 3. The lowest BCUT2D eigenvalue weighted by atomic mass is 9.97. The average molecular weight is 399 g/mol. The first-order valence-electron chi connectivity index (χ1n) is 9.93. The number of nitrogens with zero attached hydrogens (tertiary/aromatic N) is 2. The first kappa shape index (κ1) is 21.0. The Morgan fingerprint density at radius 2 is 2.10 bits per heavy atom. The second-order valence-corrected chi connectivity index (χ2v) is 6.89. The summed E-state index contributed by atoms with van der Waals surface area (Å²) in [5.41, 5.74) is 7.03. The van der Waals surface area contributed by atoms with Gasteiger partial charge in [0.25, 0.3) is 0 Å². The fourth-order valence-corrected chi connectivity index (χ4v) is 3.12. The monoisotopic (exact) mass is 398 g/mol. The van der Waals surface area contributed by atoms with Crippen molar-refractivity contribution in [2.45, 2.75) is 27.2 Å². The van der Waals surface area contributed by atoms with E-state index in [0.717, 1.165) is 45.1 Å². The normalized spacial score (nSPS) is 19.6. The smallest absolute Gasteiger partial charge is 0.224 e. The first-order valence-corrected chi connectivity index (χ1v) is 9.93. The Morgan fingerprint density at radius 1 is 1.27 bits per heavy atom. The van der Waals surface area contributed by atoms with Gasteiger partial charge >= 0.3 is 0 Å². The standard InChI is InChI=1S/C25H26N4O/c1-5-9-22(28-24(30)6-2)20-12-8-11-19(15-14-17(20)3)21-16-26-29-25(21)23-13-7-10-18(4)27-23/h5,7-16H,3,6H2,1-2,4H3,(H,26,29)(H,28,30)/b9-5-,12-8+,15-14-,19-11-,22-20+. The molecule has 0 aliphatic heterocycles. The number of nitrogens with one attached hydrogen (secondary N) is 2. The molecular formula is C25H26N4O. The zero-order chi connectivity index (χ0) is 21.5. The summed E-state index contributed by atoms with van der Waals surface area (Å²) in [6.07, 6.45) is 15.9. The van der Waals surface area contributed by atoms with E-state index in [-0.39, 0.29) is 5.91 Å². The van der Waals surface area contributed by atoms with Crippen molar-refractivity contribution in [3.63, 3.8) is 0 Å². The molecule has 2 heterocycles. The number of allylic oxidation sites excluding steroid dienone is 10. The van der Waals surface area contributed by atoms with Crippen LogP contribution in [-0.2, 0) is 4.79 Å². The van der Waals surface area contributed by atoms with Crippen molar-refractivity contribution >= 4 is 11.5 Å². The van der Waals surface area contributed by atoms with E-state index in [0.29, 0.717) is 6.42 Å². The summed E-state index contributed by atoms with van der Waals surface area (Å²) in [6, 6.07) is 5.91. The Balaban J connectivity index is 2.01. The van der Waals surface area contributed by atoms with Crippen molar-refractivity contribution < 1.29 is 4.79 Å². The SMILES string of the molecule is C=C1\C=C/C(c2cn[nH]c2-c2cccc(C)n2)=C/C=C/C1=C(/C=C\C)NC(=O)CC. The minimum Gasteiger partial charge on any atom is -0.326 e. The Kier molecular flexibility index (Phi) is 6.75. The highest BCUT2D eigenvalue weighted by Crippen LogP contribution is 2.29. The molecule has 0 atom stereocenters. The molecule has 5 heteroatoms. The maximum atomic E-state index is 11.9. The molecule has 0 radical (unpaired) electrons. The van der Waals surface area contributed by atoms with E-state index in [1.54, 1.807) is 6.20 Å². The summed E-state index contributed by atoms with van der Waals surface area (Å²) in [5, 5.41) is 10.3. The van der Waals surface area contributed by atoms with Gasteiger partial charge in [-0.05, 0) is 43.2 Å². The molecule has 0 bridgehead atoms. The van der Waals surface area contributed by atoms with Crippen LogP contribution in [0.3, 0.4) is 0 Å². The molecule has 3 rings (SSSR count). The predicted octanol–water partition coefficient (Wildman–Crippen LogP) is 5.20. The van der Waals surface area contributed by atoms with Gasteiger partial charge in [0, 0.05) is 28.9 Å². The highest BCUT2D eigenvalue weighted by Gasteiger charge is 2.13. The minimum atomic E-state index is -0.0345. The molecule has 2 N–H and O–H groups in total. The van der Waals surface area contributed by atoms with Crippen molar-refractivity contribution in [3.8, 4) is 11.4 Å². The zero-order valence-electron chi connectivity index (χ0n) is 17.6. The van der Waals surface area contributed by atoms with Crippen LogP contribution in [0, 0.1) is 6.92 Å². The van der Waals surface area contributed by atoms with Gasteiger partial charge in [-0.15, -0.1) is 0 Å². The summed E-state index contributed by atoms with van der Waals surface area (Å²) < 4.78 is 0. The molecule has 152 valence electrons. The maximum Gasteiger partial charge on any atom is 0.224 e. The van der Waals surface area contributed by atoms with E-state index in [4.69, 9.17) is 0 Å². The summed E-state index contributed by atoms with van der Waals surface area (Å²) in [7, 11) is 0. The van der Waals surface area contributed by atoms with Crippen LogP contribution in [0.4, 0.5) is 0 Å². The number of amides is 1. The molecule has 2 aromatic heterocycles.